The van der Waals surface area contributed by atoms with Crippen LogP contribution in [0, 0.1) is 0 Å². The van der Waals surface area contributed by atoms with E-state index in [1.54, 1.807) is 0 Å². The molecule has 1 heterocycles. The highest BCUT2D eigenvalue weighted by Gasteiger charge is 2.36. The van der Waals surface area contributed by atoms with Crippen LogP contribution in [0.4, 0.5) is 5.69 Å². The smallest absolute Gasteiger partial charge is 0.119 e. The monoisotopic (exact) mass is 262 g/mol. The molecule has 1 fully saturated rings. The summed E-state index contributed by atoms with van der Waals surface area (Å²) in [7, 11) is 0. The van der Waals surface area contributed by atoms with E-state index in [4.69, 9.17) is 4.74 Å². The van der Waals surface area contributed by atoms with Crippen molar-refractivity contribution in [3.63, 3.8) is 0 Å². The number of hydrogen-bond donors (Lipinski definition) is 1. The highest BCUT2D eigenvalue weighted by atomic mass is 16.5. The molecule has 1 aromatic rings. The Hall–Kier alpha value is -1.22. The predicted molar refractivity (Wildman–Crippen MR) is 81.1 cm³/mol. The molecule has 0 amide bonds. The minimum atomic E-state index is 0.125. The summed E-state index contributed by atoms with van der Waals surface area (Å²) < 4.78 is 5.50. The second-order valence-corrected chi connectivity index (χ2v) is 6.68. The molecule has 19 heavy (non-hydrogen) atoms. The molecule has 0 bridgehead atoms. The third-order valence-electron chi connectivity index (χ3n) is 3.36. The van der Waals surface area contributed by atoms with Crippen LogP contribution in [0.25, 0.3) is 0 Å². The fourth-order valence-corrected chi connectivity index (χ4v) is 3.11. The lowest BCUT2D eigenvalue weighted by Gasteiger charge is -2.49. The van der Waals surface area contributed by atoms with Gasteiger partial charge in [0.2, 0.25) is 0 Å². The molecule has 1 aromatic carbocycles. The van der Waals surface area contributed by atoms with Crippen LogP contribution in [0.3, 0.4) is 0 Å². The first-order valence-corrected chi connectivity index (χ1v) is 7.08. The molecular formula is C16H26N2O. The largest absolute Gasteiger partial charge is 0.494 e. The van der Waals surface area contributed by atoms with Crippen LogP contribution in [-0.2, 0) is 0 Å². The summed E-state index contributed by atoms with van der Waals surface area (Å²) >= 11 is 0. The Bertz CT molecular complexity index is 407. The zero-order valence-electron chi connectivity index (χ0n) is 12.8. The molecule has 2 rings (SSSR count). The number of hydrogen-bond acceptors (Lipinski definition) is 3. The Morgan fingerprint density at radius 3 is 2.05 bits per heavy atom. The fourth-order valence-electron chi connectivity index (χ4n) is 3.11. The van der Waals surface area contributed by atoms with Gasteiger partial charge in [-0.05, 0) is 58.9 Å². The molecule has 1 aliphatic rings. The van der Waals surface area contributed by atoms with E-state index in [2.05, 4.69) is 62.2 Å². The fraction of sp³-hybridized carbons (Fsp3) is 0.625. The Kier molecular flexibility index (Phi) is 3.77. The topological polar surface area (TPSA) is 24.5 Å². The van der Waals surface area contributed by atoms with Gasteiger partial charge in [0.05, 0.1) is 6.61 Å². The molecule has 0 atom stereocenters. The van der Waals surface area contributed by atoms with Crippen LogP contribution >= 0.6 is 0 Å². The van der Waals surface area contributed by atoms with Crippen LogP contribution in [0.15, 0.2) is 24.3 Å². The Labute approximate surface area is 116 Å². The van der Waals surface area contributed by atoms with Crippen molar-refractivity contribution in [3.8, 4) is 5.75 Å². The molecule has 0 aliphatic carbocycles. The minimum absolute atomic E-state index is 0.125. The summed E-state index contributed by atoms with van der Waals surface area (Å²) in [6, 6.07) is 8.42. The van der Waals surface area contributed by atoms with Gasteiger partial charge >= 0.3 is 0 Å². The van der Waals surface area contributed by atoms with Gasteiger partial charge in [-0.15, -0.1) is 0 Å². The van der Waals surface area contributed by atoms with Crippen molar-refractivity contribution in [2.75, 3.05) is 24.6 Å². The first kappa shape index (κ1) is 14.2. The zero-order chi connectivity index (χ0) is 14.1. The number of benzene rings is 1. The van der Waals surface area contributed by atoms with Gasteiger partial charge in [-0.1, -0.05) is 0 Å². The molecule has 1 N–H and O–H groups in total. The summed E-state index contributed by atoms with van der Waals surface area (Å²) in [6.45, 7) is 13.8. The maximum Gasteiger partial charge on any atom is 0.119 e. The first-order chi connectivity index (χ1) is 8.81. The molecule has 3 heteroatoms. The van der Waals surface area contributed by atoms with Crippen LogP contribution in [0.2, 0.25) is 0 Å². The summed E-state index contributed by atoms with van der Waals surface area (Å²) in [6.07, 6.45) is 0. The third-order valence-corrected chi connectivity index (χ3v) is 3.36. The summed E-state index contributed by atoms with van der Waals surface area (Å²) in [5.41, 5.74) is 1.52. The van der Waals surface area contributed by atoms with Crippen molar-refractivity contribution in [1.29, 1.82) is 0 Å². The van der Waals surface area contributed by atoms with E-state index >= 15 is 0 Å². The van der Waals surface area contributed by atoms with Crippen LogP contribution in [-0.4, -0.2) is 30.8 Å². The third kappa shape index (κ3) is 3.63. The molecule has 0 unspecified atom stereocenters. The van der Waals surface area contributed by atoms with Crippen LogP contribution in [0.1, 0.15) is 34.6 Å². The minimum Gasteiger partial charge on any atom is -0.494 e. The van der Waals surface area contributed by atoms with Gasteiger partial charge in [-0.25, -0.2) is 0 Å². The van der Waals surface area contributed by atoms with Crippen LogP contribution < -0.4 is 15.0 Å². The average molecular weight is 262 g/mol. The van der Waals surface area contributed by atoms with Crippen molar-refractivity contribution in [3.05, 3.63) is 24.3 Å². The Balaban J connectivity index is 2.16. The van der Waals surface area contributed by atoms with Crippen molar-refractivity contribution >= 4 is 5.69 Å². The molecule has 3 nitrogen and oxygen atoms in total. The van der Waals surface area contributed by atoms with E-state index < -0.39 is 0 Å². The second-order valence-electron chi connectivity index (χ2n) is 6.68. The molecule has 106 valence electrons. The van der Waals surface area contributed by atoms with Gasteiger partial charge < -0.3 is 15.0 Å². The van der Waals surface area contributed by atoms with E-state index in [1.165, 1.54) is 5.69 Å². The number of nitrogens with zero attached hydrogens (tertiary/aromatic N) is 1. The van der Waals surface area contributed by atoms with Crippen molar-refractivity contribution in [2.45, 2.75) is 45.7 Å². The van der Waals surface area contributed by atoms with Crippen molar-refractivity contribution in [2.24, 2.45) is 0 Å². The summed E-state index contributed by atoms with van der Waals surface area (Å²) in [4.78, 5) is 2.45. The molecular weight excluding hydrogens is 236 g/mol. The normalized spacial score (nSPS) is 21.2. The number of nitrogens with one attached hydrogen (secondary N) is 1. The second kappa shape index (κ2) is 5.04. The Morgan fingerprint density at radius 2 is 1.58 bits per heavy atom. The van der Waals surface area contributed by atoms with Gasteiger partial charge in [0.15, 0.2) is 0 Å². The van der Waals surface area contributed by atoms with Gasteiger partial charge in [-0.2, -0.15) is 0 Å². The molecule has 0 radical (unpaired) electrons. The highest BCUT2D eigenvalue weighted by molar-refractivity contribution is 5.50. The molecule has 0 spiro atoms. The van der Waals surface area contributed by atoms with Crippen molar-refractivity contribution in [1.82, 2.24) is 5.32 Å². The number of anilines is 1. The van der Waals surface area contributed by atoms with E-state index in [-0.39, 0.29) is 11.1 Å². The van der Waals surface area contributed by atoms with E-state index in [0.717, 1.165) is 18.8 Å². The maximum atomic E-state index is 5.50. The van der Waals surface area contributed by atoms with Crippen LogP contribution in [0.5, 0.6) is 5.75 Å². The van der Waals surface area contributed by atoms with Gasteiger partial charge in [-0.3, -0.25) is 0 Å². The van der Waals surface area contributed by atoms with E-state index in [9.17, 15) is 0 Å². The SMILES string of the molecule is CCOc1ccc(N2CC(C)(C)NC(C)(C)C2)cc1. The number of piperazine rings is 1. The lowest BCUT2D eigenvalue weighted by molar-refractivity contribution is 0.226. The number of ether oxygens (including phenoxy) is 1. The molecule has 0 saturated carbocycles. The lowest BCUT2D eigenvalue weighted by atomic mass is 9.91. The predicted octanol–water partition coefficient (Wildman–Crippen LogP) is 3.05. The quantitative estimate of drug-likeness (QED) is 0.906. The molecule has 1 aliphatic heterocycles. The average Bonchev–Trinajstić information content (AvgIpc) is 2.26. The summed E-state index contributed by atoms with van der Waals surface area (Å²) in [5, 5.41) is 3.70. The molecule has 0 aromatic heterocycles. The lowest BCUT2D eigenvalue weighted by Crippen LogP contribution is -2.66. The maximum absolute atomic E-state index is 5.50. The highest BCUT2D eigenvalue weighted by Crippen LogP contribution is 2.27. The first-order valence-electron chi connectivity index (χ1n) is 7.08. The Morgan fingerprint density at radius 1 is 1.05 bits per heavy atom. The van der Waals surface area contributed by atoms with Gasteiger partial charge in [0, 0.05) is 29.9 Å². The van der Waals surface area contributed by atoms with Gasteiger partial charge in [0.25, 0.3) is 0 Å². The van der Waals surface area contributed by atoms with Gasteiger partial charge in [0.1, 0.15) is 5.75 Å². The molecule has 1 saturated heterocycles. The number of rotatable bonds is 3. The van der Waals surface area contributed by atoms with Crippen molar-refractivity contribution < 1.29 is 4.74 Å². The zero-order valence-corrected chi connectivity index (χ0v) is 12.8. The van der Waals surface area contributed by atoms with E-state index in [1.807, 2.05) is 6.92 Å². The standard InChI is InChI=1S/C16H26N2O/c1-6-19-14-9-7-13(8-10-14)18-11-15(2,3)17-16(4,5)12-18/h7-10,17H,6,11-12H2,1-5H3. The summed E-state index contributed by atoms with van der Waals surface area (Å²) in [5.74, 6) is 0.944. The van der Waals surface area contributed by atoms with E-state index in [0.29, 0.717) is 6.61 Å².